The van der Waals surface area contributed by atoms with Gasteiger partial charge in [-0.2, -0.15) is 0 Å². The predicted molar refractivity (Wildman–Crippen MR) is 78.4 cm³/mol. The summed E-state index contributed by atoms with van der Waals surface area (Å²) in [4.78, 5) is 10.1. The van der Waals surface area contributed by atoms with Gasteiger partial charge in [-0.1, -0.05) is 18.2 Å². The third kappa shape index (κ3) is 2.05. The number of rotatable bonds is 2. The van der Waals surface area contributed by atoms with E-state index in [9.17, 15) is 0 Å². The van der Waals surface area contributed by atoms with Gasteiger partial charge >= 0.3 is 0 Å². The number of aromatic nitrogens is 2. The molecule has 2 N–H and O–H groups in total. The fraction of sp³-hybridized carbons (Fsp3) is 0.0769. The van der Waals surface area contributed by atoms with Crippen molar-refractivity contribution in [3.8, 4) is 10.7 Å². The summed E-state index contributed by atoms with van der Waals surface area (Å²) in [5, 5.41) is 2.01. The van der Waals surface area contributed by atoms with Gasteiger partial charge < -0.3 is 5.73 Å². The van der Waals surface area contributed by atoms with E-state index in [0.29, 0.717) is 6.54 Å². The molecule has 1 aromatic carbocycles. The molecule has 90 valence electrons. The van der Waals surface area contributed by atoms with E-state index in [4.69, 9.17) is 5.73 Å². The molecule has 2 aromatic heterocycles. The van der Waals surface area contributed by atoms with Crippen LogP contribution in [0.5, 0.6) is 0 Å². The van der Waals surface area contributed by atoms with Gasteiger partial charge in [0.25, 0.3) is 0 Å². The summed E-state index contributed by atoms with van der Waals surface area (Å²) in [6.07, 6.45) is 1.81. The first-order valence-electron chi connectivity index (χ1n) is 5.48. The molecule has 5 heteroatoms. The summed E-state index contributed by atoms with van der Waals surface area (Å²) in [6, 6.07) is 10.1. The minimum absolute atomic E-state index is 0.517. The number of para-hydroxylation sites is 1. The SMILES string of the molecule is NCc1cnc(-c2nc3ccccc3cc2Br)s1. The molecule has 0 radical (unpaired) electrons. The first-order chi connectivity index (χ1) is 8.78. The zero-order chi connectivity index (χ0) is 12.5. The van der Waals surface area contributed by atoms with Crippen molar-refractivity contribution >= 4 is 38.2 Å². The molecule has 3 aromatic rings. The lowest BCUT2D eigenvalue weighted by molar-refractivity contribution is 1.10. The average Bonchev–Trinajstić information content (AvgIpc) is 2.86. The second-order valence-corrected chi connectivity index (χ2v) is 5.82. The number of thiazole rings is 1. The Bertz CT molecular complexity index is 708. The minimum Gasteiger partial charge on any atom is -0.326 e. The zero-order valence-corrected chi connectivity index (χ0v) is 11.8. The van der Waals surface area contributed by atoms with Gasteiger partial charge in [0.2, 0.25) is 0 Å². The quantitative estimate of drug-likeness (QED) is 0.785. The molecule has 0 fully saturated rings. The van der Waals surface area contributed by atoms with Crippen LogP contribution in [0.1, 0.15) is 4.88 Å². The molecule has 0 aliphatic heterocycles. The Labute approximate surface area is 117 Å². The summed E-state index contributed by atoms with van der Waals surface area (Å²) in [7, 11) is 0. The van der Waals surface area contributed by atoms with Crippen LogP contribution in [0, 0.1) is 0 Å². The molecule has 18 heavy (non-hydrogen) atoms. The number of pyridine rings is 1. The largest absolute Gasteiger partial charge is 0.326 e. The molecule has 0 aliphatic carbocycles. The third-order valence-electron chi connectivity index (χ3n) is 2.63. The van der Waals surface area contributed by atoms with Crippen molar-refractivity contribution in [3.05, 3.63) is 45.9 Å². The molecule has 0 saturated carbocycles. The van der Waals surface area contributed by atoms with Crippen molar-refractivity contribution in [2.75, 3.05) is 0 Å². The van der Waals surface area contributed by atoms with Crippen LogP contribution in [0.2, 0.25) is 0 Å². The van der Waals surface area contributed by atoms with E-state index in [-0.39, 0.29) is 0 Å². The first kappa shape index (κ1) is 11.8. The lowest BCUT2D eigenvalue weighted by atomic mass is 10.2. The number of hydrogen-bond acceptors (Lipinski definition) is 4. The van der Waals surface area contributed by atoms with Gasteiger partial charge in [0, 0.05) is 27.5 Å². The summed E-state index contributed by atoms with van der Waals surface area (Å²) in [6.45, 7) is 0.517. The van der Waals surface area contributed by atoms with Crippen molar-refractivity contribution in [1.29, 1.82) is 0 Å². The smallest absolute Gasteiger partial charge is 0.143 e. The van der Waals surface area contributed by atoms with E-state index in [1.807, 2.05) is 30.5 Å². The number of hydrogen-bond donors (Lipinski definition) is 1. The fourth-order valence-corrected chi connectivity index (χ4v) is 3.20. The van der Waals surface area contributed by atoms with E-state index in [0.717, 1.165) is 31.0 Å². The monoisotopic (exact) mass is 319 g/mol. The Hall–Kier alpha value is -1.30. The molecule has 0 spiro atoms. The predicted octanol–water partition coefficient (Wildman–Crippen LogP) is 3.58. The van der Waals surface area contributed by atoms with Crippen LogP contribution in [-0.4, -0.2) is 9.97 Å². The summed E-state index contributed by atoms with van der Waals surface area (Å²) in [5.41, 5.74) is 7.45. The van der Waals surface area contributed by atoms with E-state index < -0.39 is 0 Å². The minimum atomic E-state index is 0.517. The van der Waals surface area contributed by atoms with E-state index in [1.54, 1.807) is 11.3 Å². The van der Waals surface area contributed by atoms with Gasteiger partial charge in [-0.3, -0.25) is 0 Å². The van der Waals surface area contributed by atoms with E-state index >= 15 is 0 Å². The number of fused-ring (bicyclic) bond motifs is 1. The summed E-state index contributed by atoms with van der Waals surface area (Å²) >= 11 is 5.14. The number of nitrogens with zero attached hydrogens (tertiary/aromatic N) is 2. The zero-order valence-electron chi connectivity index (χ0n) is 9.43. The second-order valence-electron chi connectivity index (χ2n) is 3.85. The fourth-order valence-electron chi connectivity index (χ4n) is 1.75. The van der Waals surface area contributed by atoms with Crippen LogP contribution in [0.3, 0.4) is 0 Å². The van der Waals surface area contributed by atoms with Gasteiger partial charge in [-0.15, -0.1) is 11.3 Å². The van der Waals surface area contributed by atoms with Gasteiger partial charge in [0.05, 0.1) is 5.52 Å². The van der Waals surface area contributed by atoms with Crippen LogP contribution in [0.25, 0.3) is 21.6 Å². The highest BCUT2D eigenvalue weighted by molar-refractivity contribution is 9.10. The first-order valence-corrected chi connectivity index (χ1v) is 7.09. The topological polar surface area (TPSA) is 51.8 Å². The highest BCUT2D eigenvalue weighted by Gasteiger charge is 2.10. The second kappa shape index (κ2) is 4.76. The molecular weight excluding hydrogens is 310 g/mol. The van der Waals surface area contributed by atoms with Crippen molar-refractivity contribution in [1.82, 2.24) is 9.97 Å². The molecule has 0 saturated heterocycles. The van der Waals surface area contributed by atoms with Gasteiger partial charge in [-0.05, 0) is 28.1 Å². The highest BCUT2D eigenvalue weighted by atomic mass is 79.9. The van der Waals surface area contributed by atoms with Crippen LogP contribution in [0.15, 0.2) is 41.0 Å². The molecule has 2 heterocycles. The maximum absolute atomic E-state index is 5.61. The van der Waals surface area contributed by atoms with Crippen LogP contribution >= 0.6 is 27.3 Å². The third-order valence-corrected chi connectivity index (χ3v) is 4.27. The molecular formula is C13H10BrN3S. The standard InChI is InChI=1S/C13H10BrN3S/c14-10-5-8-3-1-2-4-11(8)17-12(10)13-16-7-9(6-15)18-13/h1-5,7H,6,15H2. The van der Waals surface area contributed by atoms with Crippen LogP contribution in [0.4, 0.5) is 0 Å². The van der Waals surface area contributed by atoms with Crippen molar-refractivity contribution in [3.63, 3.8) is 0 Å². The maximum Gasteiger partial charge on any atom is 0.143 e. The van der Waals surface area contributed by atoms with Crippen LogP contribution < -0.4 is 5.73 Å². The normalized spacial score (nSPS) is 11.0. The van der Waals surface area contributed by atoms with Gasteiger partial charge in [-0.25, -0.2) is 9.97 Å². The van der Waals surface area contributed by atoms with Gasteiger partial charge in [0.15, 0.2) is 0 Å². The molecule has 3 nitrogen and oxygen atoms in total. The summed E-state index contributed by atoms with van der Waals surface area (Å²) < 4.78 is 0.958. The molecule has 0 aliphatic rings. The Morgan fingerprint density at radius 1 is 1.28 bits per heavy atom. The Kier molecular flexibility index (Phi) is 3.11. The molecule has 0 atom stereocenters. The molecule has 0 bridgehead atoms. The van der Waals surface area contributed by atoms with Crippen molar-refractivity contribution in [2.45, 2.75) is 6.54 Å². The van der Waals surface area contributed by atoms with E-state index in [2.05, 4.69) is 32.0 Å². The number of benzene rings is 1. The average molecular weight is 320 g/mol. The Morgan fingerprint density at radius 3 is 2.89 bits per heavy atom. The number of nitrogens with two attached hydrogens (primary N) is 1. The van der Waals surface area contributed by atoms with E-state index in [1.165, 1.54) is 0 Å². The lowest BCUT2D eigenvalue weighted by Crippen LogP contribution is -1.91. The highest BCUT2D eigenvalue weighted by Crippen LogP contribution is 2.32. The summed E-state index contributed by atoms with van der Waals surface area (Å²) in [5.74, 6) is 0. The van der Waals surface area contributed by atoms with Crippen molar-refractivity contribution in [2.24, 2.45) is 5.73 Å². The Morgan fingerprint density at radius 2 is 2.11 bits per heavy atom. The van der Waals surface area contributed by atoms with Crippen LogP contribution in [-0.2, 0) is 6.54 Å². The molecule has 0 amide bonds. The molecule has 0 unspecified atom stereocenters. The van der Waals surface area contributed by atoms with Crippen molar-refractivity contribution < 1.29 is 0 Å². The lowest BCUT2D eigenvalue weighted by Gasteiger charge is -2.03. The molecule has 3 rings (SSSR count). The number of halogens is 1. The Balaban J connectivity index is 2.19. The maximum atomic E-state index is 5.61. The van der Waals surface area contributed by atoms with Gasteiger partial charge in [0.1, 0.15) is 10.7 Å².